The quantitative estimate of drug-likeness (QED) is 0.878. The molecule has 6 heteroatoms. The first-order valence-corrected chi connectivity index (χ1v) is 7.25. The third kappa shape index (κ3) is 2.63. The van der Waals surface area contributed by atoms with Crippen molar-refractivity contribution in [3.05, 3.63) is 64.7 Å². The smallest absolute Gasteiger partial charge is 0.261 e. The lowest BCUT2D eigenvalue weighted by atomic mass is 10.1. The van der Waals surface area contributed by atoms with Gasteiger partial charge in [0.05, 0.1) is 23.6 Å². The average Bonchev–Trinajstić information content (AvgIpc) is 2.81. The first kappa shape index (κ1) is 15.4. The maximum Gasteiger partial charge on any atom is 0.261 e. The van der Waals surface area contributed by atoms with Gasteiger partial charge in [0, 0.05) is 18.3 Å². The molecule has 0 saturated heterocycles. The van der Waals surface area contributed by atoms with E-state index in [4.69, 9.17) is 5.26 Å². The Kier molecular flexibility index (Phi) is 3.84. The summed E-state index contributed by atoms with van der Waals surface area (Å²) < 4.78 is 0. The average molecular weight is 319 g/mol. The summed E-state index contributed by atoms with van der Waals surface area (Å²) in [6.07, 6.45) is 0.308. The molecule has 3 rings (SSSR count). The number of nitriles is 1. The molecule has 0 aromatic heterocycles. The molecule has 0 spiro atoms. The van der Waals surface area contributed by atoms with Crippen molar-refractivity contribution in [2.45, 2.75) is 6.42 Å². The van der Waals surface area contributed by atoms with E-state index < -0.39 is 5.91 Å². The fourth-order valence-corrected chi connectivity index (χ4v) is 2.50. The van der Waals surface area contributed by atoms with Gasteiger partial charge in [-0.05, 0) is 35.9 Å². The number of carbonyl (C=O) groups is 3. The summed E-state index contributed by atoms with van der Waals surface area (Å²) in [6, 6.07) is 13.4. The second-order valence-electron chi connectivity index (χ2n) is 5.42. The minimum absolute atomic E-state index is 0.236. The van der Waals surface area contributed by atoms with Crippen molar-refractivity contribution in [1.29, 1.82) is 5.26 Å². The number of hydrogen-bond donors (Lipinski definition) is 1. The van der Waals surface area contributed by atoms with Gasteiger partial charge in [0.1, 0.15) is 0 Å². The highest BCUT2D eigenvalue weighted by atomic mass is 16.2. The highest BCUT2D eigenvalue weighted by Gasteiger charge is 2.33. The summed E-state index contributed by atoms with van der Waals surface area (Å²) >= 11 is 0. The number of fused-ring (bicyclic) bond motifs is 1. The topological polar surface area (TPSA) is 90.3 Å². The molecule has 2 aromatic carbocycles. The Labute approximate surface area is 138 Å². The maximum absolute atomic E-state index is 12.3. The van der Waals surface area contributed by atoms with Crippen LogP contribution in [0.5, 0.6) is 0 Å². The number of carbonyl (C=O) groups excluding carboxylic acids is 3. The summed E-state index contributed by atoms with van der Waals surface area (Å²) in [7, 11) is 1.41. The van der Waals surface area contributed by atoms with Crippen molar-refractivity contribution in [3.63, 3.8) is 0 Å². The first-order valence-electron chi connectivity index (χ1n) is 7.25. The summed E-state index contributed by atoms with van der Waals surface area (Å²) in [4.78, 5) is 37.2. The molecule has 0 unspecified atom stereocenters. The number of amides is 3. The molecule has 1 N–H and O–H groups in total. The zero-order valence-corrected chi connectivity index (χ0v) is 12.9. The predicted molar refractivity (Wildman–Crippen MR) is 86.6 cm³/mol. The minimum atomic E-state index is -0.412. The zero-order chi connectivity index (χ0) is 17.3. The van der Waals surface area contributed by atoms with Crippen molar-refractivity contribution >= 4 is 23.4 Å². The molecule has 1 aliphatic heterocycles. The third-order valence-corrected chi connectivity index (χ3v) is 3.85. The van der Waals surface area contributed by atoms with Crippen LogP contribution in [-0.2, 0) is 6.42 Å². The first-order chi connectivity index (χ1) is 11.5. The molecule has 0 saturated carbocycles. The van der Waals surface area contributed by atoms with Crippen LogP contribution in [0.1, 0.15) is 36.6 Å². The van der Waals surface area contributed by atoms with Gasteiger partial charge < -0.3 is 5.32 Å². The molecule has 0 aliphatic carbocycles. The molecule has 24 heavy (non-hydrogen) atoms. The maximum atomic E-state index is 12.3. The molecule has 118 valence electrons. The van der Waals surface area contributed by atoms with Crippen LogP contribution in [0.3, 0.4) is 0 Å². The Hall–Kier alpha value is -3.46. The van der Waals surface area contributed by atoms with Gasteiger partial charge in [0.2, 0.25) is 0 Å². The molecule has 2 aromatic rings. The van der Waals surface area contributed by atoms with Crippen LogP contribution in [0.25, 0.3) is 0 Å². The largest absolute Gasteiger partial charge is 0.322 e. The van der Waals surface area contributed by atoms with Crippen LogP contribution in [0.2, 0.25) is 0 Å². The second-order valence-corrected chi connectivity index (χ2v) is 5.42. The molecule has 6 nitrogen and oxygen atoms in total. The third-order valence-electron chi connectivity index (χ3n) is 3.85. The molecule has 1 aliphatic rings. The van der Waals surface area contributed by atoms with Gasteiger partial charge in [0.25, 0.3) is 17.7 Å². The highest BCUT2D eigenvalue weighted by molar-refractivity contribution is 6.22. The normalized spacial score (nSPS) is 12.8. The van der Waals surface area contributed by atoms with E-state index in [0.29, 0.717) is 23.2 Å². The monoisotopic (exact) mass is 319 g/mol. The number of rotatable bonds is 3. The van der Waals surface area contributed by atoms with E-state index in [1.54, 1.807) is 24.3 Å². The fourth-order valence-electron chi connectivity index (χ4n) is 2.50. The number of benzene rings is 2. The molecule has 0 fully saturated rings. The van der Waals surface area contributed by atoms with Gasteiger partial charge in [-0.15, -0.1) is 0 Å². The van der Waals surface area contributed by atoms with E-state index in [9.17, 15) is 14.4 Å². The van der Waals surface area contributed by atoms with E-state index in [0.717, 1.165) is 10.5 Å². The molecule has 0 atom stereocenters. The van der Waals surface area contributed by atoms with Crippen LogP contribution in [-0.4, -0.2) is 29.7 Å². The van der Waals surface area contributed by atoms with E-state index in [1.807, 2.05) is 0 Å². The van der Waals surface area contributed by atoms with Crippen molar-refractivity contribution in [2.24, 2.45) is 0 Å². The number of imide groups is 1. The van der Waals surface area contributed by atoms with Crippen molar-refractivity contribution < 1.29 is 14.4 Å². The molecular formula is C18H13N3O3. The van der Waals surface area contributed by atoms with Gasteiger partial charge in [0.15, 0.2) is 0 Å². The summed E-state index contributed by atoms with van der Waals surface area (Å²) in [6.45, 7) is 0. The van der Waals surface area contributed by atoms with Gasteiger partial charge >= 0.3 is 0 Å². The van der Waals surface area contributed by atoms with Crippen molar-refractivity contribution in [2.75, 3.05) is 12.4 Å². The van der Waals surface area contributed by atoms with Crippen molar-refractivity contribution in [1.82, 2.24) is 4.90 Å². The Balaban J connectivity index is 1.80. The molecule has 1 heterocycles. The lowest BCUT2D eigenvalue weighted by molar-refractivity contribution is 0.0693. The Morgan fingerprint density at radius 3 is 2.42 bits per heavy atom. The van der Waals surface area contributed by atoms with Gasteiger partial charge in [-0.1, -0.05) is 12.1 Å². The van der Waals surface area contributed by atoms with Crippen LogP contribution >= 0.6 is 0 Å². The Morgan fingerprint density at radius 1 is 1.08 bits per heavy atom. The second kappa shape index (κ2) is 5.97. The van der Waals surface area contributed by atoms with E-state index >= 15 is 0 Å². The molecule has 0 bridgehead atoms. The predicted octanol–water partition coefficient (Wildman–Crippen LogP) is 2.23. The van der Waals surface area contributed by atoms with Crippen LogP contribution in [0.4, 0.5) is 5.69 Å². The number of nitrogens with zero attached hydrogens (tertiary/aromatic N) is 2. The lowest BCUT2D eigenvalue weighted by Crippen LogP contribution is -2.24. The number of nitrogens with one attached hydrogen (secondary N) is 1. The van der Waals surface area contributed by atoms with Gasteiger partial charge in [-0.3, -0.25) is 19.3 Å². The highest BCUT2D eigenvalue weighted by Crippen LogP contribution is 2.23. The molecular weight excluding hydrogens is 306 g/mol. The lowest BCUT2D eigenvalue weighted by Gasteiger charge is -2.06. The van der Waals surface area contributed by atoms with E-state index in [1.165, 1.54) is 25.2 Å². The summed E-state index contributed by atoms with van der Waals surface area (Å²) in [5, 5.41) is 11.4. The summed E-state index contributed by atoms with van der Waals surface area (Å²) in [5.41, 5.74) is 2.28. The standard InChI is InChI=1S/C18H13N3O3/c1-21-17(23)14-7-4-12(10-15(14)18(21)24)16(22)20-13-5-2-11(3-6-13)8-9-19/h2-7,10H,8H2,1H3,(H,20,22). The number of hydrogen-bond acceptors (Lipinski definition) is 4. The van der Waals surface area contributed by atoms with Crippen LogP contribution in [0, 0.1) is 11.3 Å². The molecule has 3 amide bonds. The van der Waals surface area contributed by atoms with E-state index in [-0.39, 0.29) is 17.4 Å². The zero-order valence-electron chi connectivity index (χ0n) is 12.9. The molecule has 0 radical (unpaired) electrons. The number of anilines is 1. The van der Waals surface area contributed by atoms with E-state index in [2.05, 4.69) is 11.4 Å². The van der Waals surface area contributed by atoms with Gasteiger partial charge in [-0.2, -0.15) is 5.26 Å². The van der Waals surface area contributed by atoms with Gasteiger partial charge in [-0.25, -0.2) is 0 Å². The minimum Gasteiger partial charge on any atom is -0.322 e. The summed E-state index contributed by atoms with van der Waals surface area (Å²) in [5.74, 6) is -1.15. The van der Waals surface area contributed by atoms with Crippen LogP contribution < -0.4 is 5.32 Å². The SMILES string of the molecule is CN1C(=O)c2ccc(C(=O)Nc3ccc(CC#N)cc3)cc2C1=O. The van der Waals surface area contributed by atoms with Crippen molar-refractivity contribution in [3.8, 4) is 6.07 Å². The fraction of sp³-hybridized carbons (Fsp3) is 0.111. The Bertz CT molecular complexity index is 895. The van der Waals surface area contributed by atoms with Crippen LogP contribution in [0.15, 0.2) is 42.5 Å². The Morgan fingerprint density at radius 2 is 1.75 bits per heavy atom.